The molecule has 0 bridgehead atoms. The number of rotatable bonds is 6. The van der Waals surface area contributed by atoms with Crippen LogP contribution in [0, 0.1) is 0 Å². The summed E-state index contributed by atoms with van der Waals surface area (Å²) >= 11 is 0. The van der Waals surface area contributed by atoms with Crippen molar-refractivity contribution in [3.8, 4) is 22.9 Å². The number of nitrogens with zero attached hydrogens (tertiary/aromatic N) is 2. The van der Waals surface area contributed by atoms with E-state index in [9.17, 15) is 4.79 Å². The number of aromatic nitrogens is 2. The largest absolute Gasteiger partial charge is 0.416 e. The summed E-state index contributed by atoms with van der Waals surface area (Å²) in [4.78, 5) is 11.9. The van der Waals surface area contributed by atoms with Gasteiger partial charge in [-0.05, 0) is 36.4 Å². The van der Waals surface area contributed by atoms with Crippen LogP contribution < -0.4 is 5.32 Å². The minimum Gasteiger partial charge on any atom is -0.416 e. The smallest absolute Gasteiger partial charge is 0.251 e. The molecule has 0 spiro atoms. The highest BCUT2D eigenvalue weighted by Crippen LogP contribution is 2.23. The standard InChI is InChI=1S/C18H17N3O3/c1-23-12-11-19-16(22)13-7-9-15(10-8-13)18-21-20-17(24-18)14-5-3-2-4-6-14/h2-10H,11-12H2,1H3,(H,19,22). The average molecular weight is 323 g/mol. The molecule has 0 atom stereocenters. The van der Waals surface area contributed by atoms with Crippen LogP contribution in [-0.2, 0) is 4.74 Å². The Morgan fingerprint density at radius 3 is 2.25 bits per heavy atom. The Morgan fingerprint density at radius 2 is 1.62 bits per heavy atom. The van der Waals surface area contributed by atoms with Gasteiger partial charge in [-0.3, -0.25) is 4.79 Å². The van der Waals surface area contributed by atoms with Crippen molar-refractivity contribution in [2.24, 2.45) is 0 Å². The summed E-state index contributed by atoms with van der Waals surface area (Å²) in [5.74, 6) is 0.737. The normalized spacial score (nSPS) is 10.5. The lowest BCUT2D eigenvalue weighted by molar-refractivity contribution is 0.0937. The van der Waals surface area contributed by atoms with Crippen molar-refractivity contribution in [1.29, 1.82) is 0 Å². The summed E-state index contributed by atoms with van der Waals surface area (Å²) in [6.45, 7) is 0.954. The number of ether oxygens (including phenoxy) is 1. The van der Waals surface area contributed by atoms with Crippen molar-refractivity contribution >= 4 is 5.91 Å². The lowest BCUT2D eigenvalue weighted by atomic mass is 10.1. The molecule has 6 nitrogen and oxygen atoms in total. The first kappa shape index (κ1) is 15.9. The minimum atomic E-state index is -0.144. The minimum absolute atomic E-state index is 0.144. The Balaban J connectivity index is 1.72. The number of benzene rings is 2. The molecule has 0 fully saturated rings. The fourth-order valence-electron chi connectivity index (χ4n) is 2.17. The van der Waals surface area contributed by atoms with Gasteiger partial charge in [-0.25, -0.2) is 0 Å². The van der Waals surface area contributed by atoms with Gasteiger partial charge in [0.15, 0.2) is 0 Å². The lowest BCUT2D eigenvalue weighted by Crippen LogP contribution is -2.26. The molecule has 0 aliphatic rings. The molecule has 122 valence electrons. The van der Waals surface area contributed by atoms with E-state index < -0.39 is 0 Å². The number of hydrogen-bond donors (Lipinski definition) is 1. The Hall–Kier alpha value is -2.99. The molecule has 0 saturated carbocycles. The maximum Gasteiger partial charge on any atom is 0.251 e. The molecular formula is C18H17N3O3. The zero-order valence-electron chi connectivity index (χ0n) is 13.2. The molecule has 2 aromatic carbocycles. The number of nitrogens with one attached hydrogen (secondary N) is 1. The maximum absolute atomic E-state index is 11.9. The van der Waals surface area contributed by atoms with Crippen LogP contribution in [-0.4, -0.2) is 36.4 Å². The highest BCUT2D eigenvalue weighted by molar-refractivity contribution is 5.94. The summed E-state index contributed by atoms with van der Waals surface area (Å²) in [7, 11) is 1.59. The van der Waals surface area contributed by atoms with Crippen LogP contribution in [0.25, 0.3) is 22.9 Å². The Kier molecular flexibility index (Phi) is 4.98. The first-order valence-corrected chi connectivity index (χ1v) is 7.54. The van der Waals surface area contributed by atoms with Crippen molar-refractivity contribution in [1.82, 2.24) is 15.5 Å². The fraction of sp³-hybridized carbons (Fsp3) is 0.167. The van der Waals surface area contributed by atoms with Crippen LogP contribution in [0.4, 0.5) is 0 Å². The predicted octanol–water partition coefficient (Wildman–Crippen LogP) is 2.78. The van der Waals surface area contributed by atoms with Crippen molar-refractivity contribution in [2.75, 3.05) is 20.3 Å². The average Bonchev–Trinajstić information content (AvgIpc) is 3.13. The van der Waals surface area contributed by atoms with Crippen LogP contribution in [0.3, 0.4) is 0 Å². The topological polar surface area (TPSA) is 77.2 Å². The molecule has 0 aliphatic carbocycles. The Labute approximate surface area is 139 Å². The van der Waals surface area contributed by atoms with Gasteiger partial charge in [0.1, 0.15) is 0 Å². The van der Waals surface area contributed by atoms with E-state index in [1.165, 1.54) is 0 Å². The van der Waals surface area contributed by atoms with E-state index in [1.807, 2.05) is 30.3 Å². The number of carbonyl (C=O) groups is 1. The quantitative estimate of drug-likeness (QED) is 0.706. The van der Waals surface area contributed by atoms with Gasteiger partial charge in [0.2, 0.25) is 11.8 Å². The summed E-state index contributed by atoms with van der Waals surface area (Å²) < 4.78 is 10.6. The van der Waals surface area contributed by atoms with Gasteiger partial charge in [0.05, 0.1) is 6.61 Å². The molecule has 3 rings (SSSR count). The van der Waals surface area contributed by atoms with E-state index in [1.54, 1.807) is 31.4 Å². The second kappa shape index (κ2) is 7.52. The monoisotopic (exact) mass is 323 g/mol. The number of amides is 1. The third-order valence-electron chi connectivity index (χ3n) is 3.43. The summed E-state index contributed by atoms with van der Waals surface area (Å²) in [5.41, 5.74) is 2.20. The fourth-order valence-corrected chi connectivity index (χ4v) is 2.17. The number of carbonyl (C=O) groups excluding carboxylic acids is 1. The number of hydrogen-bond acceptors (Lipinski definition) is 5. The molecule has 3 aromatic rings. The van der Waals surface area contributed by atoms with E-state index >= 15 is 0 Å². The third-order valence-corrected chi connectivity index (χ3v) is 3.43. The van der Waals surface area contributed by atoms with Crippen molar-refractivity contribution < 1.29 is 13.9 Å². The van der Waals surface area contributed by atoms with Crippen molar-refractivity contribution in [3.05, 3.63) is 60.2 Å². The molecule has 0 saturated heterocycles. The van der Waals surface area contributed by atoms with Gasteiger partial charge >= 0.3 is 0 Å². The van der Waals surface area contributed by atoms with Crippen LogP contribution >= 0.6 is 0 Å². The zero-order chi connectivity index (χ0) is 16.8. The summed E-state index contributed by atoms with van der Waals surface area (Å²) in [6.07, 6.45) is 0. The maximum atomic E-state index is 11.9. The van der Waals surface area contributed by atoms with E-state index in [0.717, 1.165) is 11.1 Å². The van der Waals surface area contributed by atoms with Gasteiger partial charge in [0, 0.05) is 30.3 Å². The molecule has 0 radical (unpaired) electrons. The summed E-state index contributed by atoms with van der Waals surface area (Å²) in [6, 6.07) is 16.6. The van der Waals surface area contributed by atoms with Crippen molar-refractivity contribution in [3.63, 3.8) is 0 Å². The molecule has 1 heterocycles. The lowest BCUT2D eigenvalue weighted by Gasteiger charge is -2.04. The molecule has 24 heavy (non-hydrogen) atoms. The van der Waals surface area contributed by atoms with Gasteiger partial charge in [0.25, 0.3) is 5.91 Å². The van der Waals surface area contributed by atoms with Gasteiger partial charge in [-0.2, -0.15) is 0 Å². The second-order valence-corrected chi connectivity index (χ2v) is 5.10. The van der Waals surface area contributed by atoms with Crippen LogP contribution in [0.1, 0.15) is 10.4 Å². The molecule has 1 amide bonds. The highest BCUT2D eigenvalue weighted by Gasteiger charge is 2.11. The highest BCUT2D eigenvalue weighted by atomic mass is 16.5. The SMILES string of the molecule is COCCNC(=O)c1ccc(-c2nnc(-c3ccccc3)o2)cc1. The van der Waals surface area contributed by atoms with E-state index in [2.05, 4.69) is 15.5 Å². The molecule has 1 aromatic heterocycles. The van der Waals surface area contributed by atoms with Crippen molar-refractivity contribution in [2.45, 2.75) is 0 Å². The first-order valence-electron chi connectivity index (χ1n) is 7.54. The predicted molar refractivity (Wildman–Crippen MR) is 89.4 cm³/mol. The van der Waals surface area contributed by atoms with Crippen LogP contribution in [0.2, 0.25) is 0 Å². The van der Waals surface area contributed by atoms with Gasteiger partial charge in [-0.15, -0.1) is 10.2 Å². The van der Waals surface area contributed by atoms with E-state index in [0.29, 0.717) is 30.5 Å². The number of methoxy groups -OCH3 is 1. The molecule has 0 unspecified atom stereocenters. The zero-order valence-corrected chi connectivity index (χ0v) is 13.2. The Bertz CT molecular complexity index is 798. The molecule has 1 N–H and O–H groups in total. The van der Waals surface area contributed by atoms with Gasteiger partial charge < -0.3 is 14.5 Å². The van der Waals surface area contributed by atoms with E-state index in [4.69, 9.17) is 9.15 Å². The summed E-state index contributed by atoms with van der Waals surface area (Å²) in [5, 5.41) is 10.9. The molecular weight excluding hydrogens is 306 g/mol. The third kappa shape index (κ3) is 3.67. The van der Waals surface area contributed by atoms with E-state index in [-0.39, 0.29) is 5.91 Å². The van der Waals surface area contributed by atoms with Crippen LogP contribution in [0.5, 0.6) is 0 Å². The second-order valence-electron chi connectivity index (χ2n) is 5.10. The Morgan fingerprint density at radius 1 is 1.00 bits per heavy atom. The first-order chi connectivity index (χ1) is 11.8. The molecule has 6 heteroatoms. The van der Waals surface area contributed by atoms with Crippen LogP contribution in [0.15, 0.2) is 59.0 Å². The van der Waals surface area contributed by atoms with Gasteiger partial charge in [-0.1, -0.05) is 18.2 Å². The molecule has 0 aliphatic heterocycles.